The van der Waals surface area contributed by atoms with E-state index < -0.39 is 23.1 Å². The van der Waals surface area contributed by atoms with E-state index in [1.165, 1.54) is 11.3 Å². The monoisotopic (exact) mass is 624 g/mol. The van der Waals surface area contributed by atoms with Crippen LogP contribution in [0.3, 0.4) is 0 Å². The van der Waals surface area contributed by atoms with Gasteiger partial charge in [-0.15, -0.1) is 15.6 Å². The number of fused-ring (bicyclic) bond motifs is 1. The first-order chi connectivity index (χ1) is 20.7. The molecule has 3 heterocycles. The number of carbonyl (C=O) groups excluding carboxylic acids is 2. The van der Waals surface area contributed by atoms with Crippen molar-refractivity contribution in [2.24, 2.45) is 0 Å². The molecule has 2 N–H and O–H groups in total. The zero-order chi connectivity index (χ0) is 30.4. The normalized spacial score (nSPS) is 14.9. The molecule has 1 atom stereocenters. The summed E-state index contributed by atoms with van der Waals surface area (Å²) >= 11 is 0.0272. The van der Waals surface area contributed by atoms with E-state index in [9.17, 15) is 14.1 Å². The van der Waals surface area contributed by atoms with E-state index in [-0.39, 0.29) is 19.0 Å². The van der Waals surface area contributed by atoms with E-state index in [0.29, 0.717) is 55.7 Å². The number of para-hydroxylation sites is 2. The van der Waals surface area contributed by atoms with Crippen molar-refractivity contribution in [1.29, 1.82) is 0 Å². The minimum Gasteiger partial charge on any atom is -0.593 e. The molecule has 1 saturated heterocycles. The first-order valence-corrected chi connectivity index (χ1v) is 16.1. The number of rotatable bonds is 10. The summed E-state index contributed by atoms with van der Waals surface area (Å²) < 4.78 is 26.1. The predicted molar refractivity (Wildman–Crippen MR) is 165 cm³/mol. The summed E-state index contributed by atoms with van der Waals surface area (Å²) in [7, 11) is 0. The van der Waals surface area contributed by atoms with Crippen molar-refractivity contribution >= 4 is 45.7 Å². The van der Waals surface area contributed by atoms with Crippen LogP contribution in [0.1, 0.15) is 47.7 Å². The number of aromatic nitrogens is 3. The van der Waals surface area contributed by atoms with Crippen molar-refractivity contribution in [1.82, 2.24) is 29.5 Å². The van der Waals surface area contributed by atoms with Crippen molar-refractivity contribution in [3.8, 4) is 0 Å². The van der Waals surface area contributed by atoms with E-state index in [1.807, 2.05) is 73.6 Å². The van der Waals surface area contributed by atoms with Crippen LogP contribution in [-0.4, -0.2) is 79.2 Å². The summed E-state index contributed by atoms with van der Waals surface area (Å²) in [4.78, 5) is 40.7. The third-order valence-corrected chi connectivity index (χ3v) is 9.13. The number of benzene rings is 2. The molecule has 2 aromatic heterocycles. The number of nitrogens with one attached hydrogen (secondary N) is 2. The van der Waals surface area contributed by atoms with Gasteiger partial charge in [-0.3, -0.25) is 4.79 Å². The first-order valence-electron chi connectivity index (χ1n) is 14.1. The number of amides is 2. The molecule has 0 radical (unpaired) electrons. The van der Waals surface area contributed by atoms with Crippen LogP contribution < -0.4 is 5.32 Å². The fourth-order valence-corrected chi connectivity index (χ4v) is 6.61. The van der Waals surface area contributed by atoms with Crippen LogP contribution >= 0.6 is 11.3 Å². The Labute approximate surface area is 257 Å². The molecule has 43 heavy (non-hydrogen) atoms. The van der Waals surface area contributed by atoms with Crippen LogP contribution in [0.4, 0.5) is 4.79 Å². The average molecular weight is 625 g/mol. The summed E-state index contributed by atoms with van der Waals surface area (Å²) in [5.74, 6) is 0.335. The van der Waals surface area contributed by atoms with Gasteiger partial charge in [-0.1, -0.05) is 30.3 Å². The minimum atomic E-state index is -1.33. The molecule has 13 heteroatoms. The number of carbonyl (C=O) groups is 2. The summed E-state index contributed by atoms with van der Waals surface area (Å²) in [5.41, 5.74) is 2.16. The highest BCUT2D eigenvalue weighted by atomic mass is 32.2. The summed E-state index contributed by atoms with van der Waals surface area (Å²) in [6.45, 7) is 8.57. The second-order valence-corrected chi connectivity index (χ2v) is 13.5. The molecule has 4 aromatic rings. The Morgan fingerprint density at radius 2 is 1.88 bits per heavy atom. The SMILES string of the molecule is CC(C)(C)OC(=O)N(CCc1nc(C(=O)NCc2ccccc2[S+]([O-])N2CCOCC2)cs1)Cc1nc2ccccc2[nH]1. The van der Waals surface area contributed by atoms with E-state index in [0.717, 1.165) is 21.6 Å². The number of nitrogens with zero attached hydrogens (tertiary/aromatic N) is 4. The smallest absolute Gasteiger partial charge is 0.410 e. The second kappa shape index (κ2) is 13.9. The Bertz CT molecular complexity index is 1510. The van der Waals surface area contributed by atoms with Crippen LogP contribution in [0.15, 0.2) is 58.8 Å². The quantitative estimate of drug-likeness (QED) is 0.250. The number of H-pyrrole nitrogens is 1. The van der Waals surface area contributed by atoms with Gasteiger partial charge in [0.25, 0.3) is 5.91 Å². The summed E-state index contributed by atoms with van der Waals surface area (Å²) in [5, 5.41) is 5.34. The van der Waals surface area contributed by atoms with Gasteiger partial charge in [0.2, 0.25) is 0 Å². The van der Waals surface area contributed by atoms with Crippen LogP contribution in [0.2, 0.25) is 0 Å². The molecule has 2 amide bonds. The van der Waals surface area contributed by atoms with Gasteiger partial charge in [-0.25, -0.2) is 14.8 Å². The van der Waals surface area contributed by atoms with Gasteiger partial charge < -0.3 is 29.2 Å². The van der Waals surface area contributed by atoms with Crippen LogP contribution in [0.5, 0.6) is 0 Å². The Balaban J connectivity index is 1.20. The standard InChI is InChI=1S/C30H36N6O5S2/c1-30(2,3)41-29(38)35(19-26-32-22-9-5-6-10-23(22)33-26)13-12-27-34-24(20-42-27)28(37)31-18-21-8-4-7-11-25(21)43(39)36-14-16-40-17-15-36/h4-11,20H,12-19H2,1-3H3,(H,31,37)(H,32,33). The third kappa shape index (κ3) is 8.33. The Morgan fingerprint density at radius 1 is 1.14 bits per heavy atom. The maximum atomic E-state index is 13.2. The van der Waals surface area contributed by atoms with E-state index in [1.54, 1.807) is 10.3 Å². The second-order valence-electron chi connectivity index (χ2n) is 11.1. The maximum absolute atomic E-state index is 13.2. The van der Waals surface area contributed by atoms with Crippen molar-refractivity contribution in [3.05, 3.63) is 76.0 Å². The molecule has 1 aliphatic rings. The van der Waals surface area contributed by atoms with Crippen molar-refractivity contribution < 1.29 is 23.6 Å². The molecule has 11 nitrogen and oxygen atoms in total. The molecular formula is C30H36N6O5S2. The van der Waals surface area contributed by atoms with E-state index in [2.05, 4.69) is 20.3 Å². The first kappa shape index (κ1) is 31.0. The lowest BCUT2D eigenvalue weighted by Crippen LogP contribution is -2.41. The molecule has 0 saturated carbocycles. The molecule has 1 fully saturated rings. The molecule has 2 aromatic carbocycles. The van der Waals surface area contributed by atoms with Gasteiger partial charge >= 0.3 is 6.09 Å². The van der Waals surface area contributed by atoms with Crippen LogP contribution in [-0.2, 0) is 40.3 Å². The summed E-state index contributed by atoms with van der Waals surface area (Å²) in [6.07, 6.45) is -0.00527. The van der Waals surface area contributed by atoms with Gasteiger partial charge in [0.05, 0.1) is 60.3 Å². The minimum absolute atomic E-state index is 0.224. The zero-order valence-corrected chi connectivity index (χ0v) is 26.1. The molecule has 228 valence electrons. The fourth-order valence-electron chi connectivity index (χ4n) is 4.52. The number of hydrogen-bond acceptors (Lipinski definition) is 9. The van der Waals surface area contributed by atoms with Crippen LogP contribution in [0, 0.1) is 0 Å². The molecule has 5 rings (SSSR count). The van der Waals surface area contributed by atoms with Gasteiger partial charge in [0, 0.05) is 30.5 Å². The predicted octanol–water partition coefficient (Wildman–Crippen LogP) is 4.28. The number of imidazole rings is 1. The van der Waals surface area contributed by atoms with E-state index in [4.69, 9.17) is 9.47 Å². The molecule has 1 unspecified atom stereocenters. The van der Waals surface area contributed by atoms with E-state index >= 15 is 0 Å². The van der Waals surface area contributed by atoms with Gasteiger partial charge in [0.15, 0.2) is 4.90 Å². The van der Waals surface area contributed by atoms with Gasteiger partial charge in [-0.05, 0) is 39.0 Å². The number of thiazole rings is 1. The van der Waals surface area contributed by atoms with Gasteiger partial charge in [0.1, 0.15) is 17.1 Å². The lowest BCUT2D eigenvalue weighted by molar-refractivity contribution is 0.0231. The van der Waals surface area contributed by atoms with Crippen molar-refractivity contribution in [2.45, 2.75) is 50.8 Å². The molecule has 1 aliphatic heterocycles. The fraction of sp³-hybridized carbons (Fsp3) is 0.400. The third-order valence-electron chi connectivity index (χ3n) is 6.62. The number of ether oxygens (including phenoxy) is 2. The zero-order valence-electron chi connectivity index (χ0n) is 24.5. The number of hydrogen-bond donors (Lipinski definition) is 2. The maximum Gasteiger partial charge on any atom is 0.410 e. The lowest BCUT2D eigenvalue weighted by Gasteiger charge is -2.28. The lowest BCUT2D eigenvalue weighted by atomic mass is 10.2. The molecular weight excluding hydrogens is 589 g/mol. The highest BCUT2D eigenvalue weighted by molar-refractivity contribution is 7.89. The highest BCUT2D eigenvalue weighted by Crippen LogP contribution is 2.22. The van der Waals surface area contributed by atoms with Crippen molar-refractivity contribution in [2.75, 3.05) is 32.8 Å². The molecule has 0 aliphatic carbocycles. The Morgan fingerprint density at radius 3 is 2.65 bits per heavy atom. The molecule has 0 spiro atoms. The number of morpholine rings is 1. The Hall–Kier alpha value is -3.49. The Kier molecular flexibility index (Phi) is 9.98. The largest absolute Gasteiger partial charge is 0.593 e. The van der Waals surface area contributed by atoms with Gasteiger partial charge in [-0.2, -0.15) is 0 Å². The highest BCUT2D eigenvalue weighted by Gasteiger charge is 2.27. The number of aromatic amines is 1. The topological polar surface area (TPSA) is 136 Å². The van der Waals surface area contributed by atoms with Crippen molar-refractivity contribution in [3.63, 3.8) is 0 Å². The van der Waals surface area contributed by atoms with Crippen LogP contribution in [0.25, 0.3) is 11.0 Å². The molecule has 0 bridgehead atoms. The average Bonchev–Trinajstić information content (AvgIpc) is 3.64. The summed E-state index contributed by atoms with van der Waals surface area (Å²) in [6, 6.07) is 15.1.